The van der Waals surface area contributed by atoms with Crippen molar-refractivity contribution in [2.75, 3.05) is 54.3 Å². The smallest absolute Gasteiger partial charge is 0.264 e. The maximum Gasteiger partial charge on any atom is 0.264 e. The van der Waals surface area contributed by atoms with Crippen molar-refractivity contribution in [3.05, 3.63) is 117 Å². The minimum atomic E-state index is -4.48. The summed E-state index contributed by atoms with van der Waals surface area (Å²) >= 11 is 3.60. The van der Waals surface area contributed by atoms with Gasteiger partial charge >= 0.3 is 0 Å². The molecule has 0 aliphatic carbocycles. The van der Waals surface area contributed by atoms with Crippen molar-refractivity contribution in [1.82, 2.24) is 15.0 Å². The number of aromatic amines is 1. The lowest BCUT2D eigenvalue weighted by molar-refractivity contribution is -0.432. The van der Waals surface area contributed by atoms with Crippen LogP contribution in [0.15, 0.2) is 122 Å². The van der Waals surface area contributed by atoms with E-state index in [2.05, 4.69) is 33.8 Å². The van der Waals surface area contributed by atoms with E-state index in [1.807, 2.05) is 12.1 Å². The third-order valence-electron chi connectivity index (χ3n) is 12.4. The molecule has 3 unspecified atom stereocenters. The molecular formula is C47H51N9O20S8. The van der Waals surface area contributed by atoms with E-state index >= 15 is 0 Å². The van der Waals surface area contributed by atoms with Gasteiger partial charge in [0, 0.05) is 85.0 Å². The molecule has 3 atom stereocenters. The van der Waals surface area contributed by atoms with Gasteiger partial charge in [0.1, 0.15) is 23.3 Å². The van der Waals surface area contributed by atoms with Crippen LogP contribution in [0.1, 0.15) is 78.3 Å². The number of fused-ring (bicyclic) bond motifs is 18. The van der Waals surface area contributed by atoms with Crippen molar-refractivity contribution in [2.24, 2.45) is 30.0 Å². The summed E-state index contributed by atoms with van der Waals surface area (Å²) in [7, 11) is -16.8. The molecule has 37 heteroatoms. The number of aliphatic hydroxyl groups is 1. The Morgan fingerprint density at radius 1 is 0.571 bits per heavy atom. The van der Waals surface area contributed by atoms with Gasteiger partial charge in [-0.25, -0.2) is 80.2 Å². The van der Waals surface area contributed by atoms with Crippen LogP contribution in [0.5, 0.6) is 0 Å². The molecule has 4 aromatic carbocycles. The van der Waals surface area contributed by atoms with Crippen LogP contribution in [0.2, 0.25) is 0 Å². The van der Waals surface area contributed by atoms with Crippen molar-refractivity contribution >= 4 is 122 Å². The summed E-state index contributed by atoms with van der Waals surface area (Å²) < 4.78 is 135. The molecule has 9 rings (SSSR count). The molecule has 5 aromatic rings. The Hall–Kier alpha value is -4.66. The Kier molecular flexibility index (Phi) is 21.6. The molecule has 0 saturated carbocycles. The second-order valence-electron chi connectivity index (χ2n) is 18.4. The Balaban J connectivity index is 1.16. The molecule has 5 heterocycles. The molecule has 0 fully saturated rings. The lowest BCUT2D eigenvalue weighted by atomic mass is 10.1. The van der Waals surface area contributed by atoms with Crippen LogP contribution in [0.3, 0.4) is 0 Å². The summed E-state index contributed by atoms with van der Waals surface area (Å²) in [5.74, 6) is -1.29. The van der Waals surface area contributed by atoms with Gasteiger partial charge in [0.25, 0.3) is 10.1 Å². The number of hydrogen-bond donors (Lipinski definition) is 7. The van der Waals surface area contributed by atoms with Gasteiger partial charge in [-0.3, -0.25) is 9.87 Å². The van der Waals surface area contributed by atoms with Gasteiger partial charge in [-0.1, -0.05) is 16.1 Å². The summed E-state index contributed by atoms with van der Waals surface area (Å²) in [5.41, 5.74) is 3.02. The van der Waals surface area contributed by atoms with Gasteiger partial charge in [-0.2, -0.15) is 17.1 Å². The summed E-state index contributed by atoms with van der Waals surface area (Å²) in [6.07, 6.45) is -2.44. The van der Waals surface area contributed by atoms with E-state index in [-0.39, 0.29) is 81.2 Å². The van der Waals surface area contributed by atoms with Crippen molar-refractivity contribution in [2.45, 2.75) is 70.6 Å². The zero-order valence-electron chi connectivity index (χ0n) is 43.6. The monoisotopic (exact) mass is 1320 g/mol. The van der Waals surface area contributed by atoms with Gasteiger partial charge in [0.15, 0.2) is 43.0 Å². The van der Waals surface area contributed by atoms with E-state index in [1.165, 1.54) is 43.3 Å². The number of nitrogens with zero attached hydrogens (tertiary/aromatic N) is 6. The average molecular weight is 1320 g/mol. The fourth-order valence-electron chi connectivity index (χ4n) is 8.58. The van der Waals surface area contributed by atoms with Crippen LogP contribution >= 0.6 is 48.2 Å². The van der Waals surface area contributed by atoms with Gasteiger partial charge in [0.05, 0.1) is 76.2 Å². The summed E-state index contributed by atoms with van der Waals surface area (Å²) in [5, 5.41) is 37.5. The van der Waals surface area contributed by atoms with Crippen molar-refractivity contribution < 1.29 is 91.0 Å². The van der Waals surface area contributed by atoms with Crippen LogP contribution in [-0.2, 0) is 77.0 Å². The first-order chi connectivity index (χ1) is 40.2. The lowest BCUT2D eigenvalue weighted by Crippen LogP contribution is -2.33. The Morgan fingerprint density at radius 2 is 1.11 bits per heavy atom. The number of amidine groups is 4. The Morgan fingerprint density at radius 3 is 1.75 bits per heavy atom. The fourth-order valence-corrected chi connectivity index (χ4v) is 15.0. The largest absolute Gasteiger partial charge is 0.392 e. The van der Waals surface area contributed by atoms with E-state index < -0.39 is 87.7 Å². The summed E-state index contributed by atoms with van der Waals surface area (Å²) in [4.78, 5) is 44.7. The Bertz CT molecular complexity index is 4000. The molecule has 0 radical (unpaired) electrons. The van der Waals surface area contributed by atoms with Crippen LogP contribution in [0, 0.1) is 0 Å². The van der Waals surface area contributed by atoms with E-state index in [4.69, 9.17) is 58.9 Å². The van der Waals surface area contributed by atoms with Gasteiger partial charge in [0.2, 0.25) is 10.0 Å². The number of sulfone groups is 2. The van der Waals surface area contributed by atoms with E-state index in [0.717, 1.165) is 48.2 Å². The molecule has 8 bridgehead atoms. The number of benzene rings is 4. The van der Waals surface area contributed by atoms with E-state index in [9.17, 15) is 43.3 Å². The van der Waals surface area contributed by atoms with Crippen LogP contribution in [0.25, 0.3) is 10.8 Å². The minimum absolute atomic E-state index is 0.00855. The molecule has 0 saturated heterocycles. The fraction of sp³-hybridized carbons (Fsp3) is 0.362. The first-order valence-corrected chi connectivity index (χ1v) is 34.9. The average Bonchev–Trinajstić information content (AvgIpc) is 2.68. The predicted molar refractivity (Wildman–Crippen MR) is 307 cm³/mol. The van der Waals surface area contributed by atoms with Gasteiger partial charge < -0.3 is 10.1 Å². The van der Waals surface area contributed by atoms with Gasteiger partial charge in [-0.15, -0.1) is 8.67 Å². The first kappa shape index (κ1) is 63.8. The summed E-state index contributed by atoms with van der Waals surface area (Å²) in [6.45, 7) is 1.50. The highest BCUT2D eigenvalue weighted by molar-refractivity contribution is 7.95. The molecular weight excluding hydrogens is 1270 g/mol. The standard InChI is InChI=1S/C47H51N9O20S8/c1-27(57)26-48-83(64,65)20-4-18-81(60,61)30-8-12-34-38(24-30)46-53-42(34)49-40-32-10-6-28(79-73-69-14-2-16-77-75-71-58)22-36(32)44(51-40)55-45-37-23-29(80-74-70-15-3-17-78-76-72-59)7-11-33(37)41(52-45)50-43-35-13-9-31(25-39(35)47(54-43)56-46)82(62,63)19-5-21-84(66,67)68/h6-13,22-25,27,40,44,48,51,57-59H,2-5,14-21,26H2,1H3,(H,66,67,68)(H,49,50,52,53,54,55,56). The zero-order valence-corrected chi connectivity index (χ0v) is 50.2. The Labute approximate surface area is 496 Å². The first-order valence-electron chi connectivity index (χ1n) is 25.0. The quantitative estimate of drug-likeness (QED) is 0.0106. The highest BCUT2D eigenvalue weighted by Crippen LogP contribution is 2.40. The molecule has 4 aliphatic rings. The highest BCUT2D eigenvalue weighted by atomic mass is 32.2. The molecule has 4 aliphatic heterocycles. The molecule has 7 N–H and O–H groups in total. The van der Waals surface area contributed by atoms with Crippen LogP contribution in [0.4, 0.5) is 0 Å². The maximum atomic E-state index is 14.0. The second kappa shape index (κ2) is 28.4. The predicted octanol–water partition coefficient (Wildman–Crippen LogP) is 4.48. The SMILES string of the molecule is CC(O)CNS(=O)(=O)CCCS(=O)(=O)c1ccc2c(c1)C1=N/C2=N\C2NC(/N=C3\N=C(N=c4[nH]c(c5cc(S(=O)(=O)CCCS(=O)(=O)O)ccc45)=N1)c1ccc(SOOCCCSOOO)cc13)c1cc(SOOCCCSOOO)ccc12. The number of H-pyrrole nitrogens is 1. The molecule has 0 spiro atoms. The van der Waals surface area contributed by atoms with Crippen LogP contribution < -0.4 is 21.0 Å². The number of aliphatic hydroxyl groups excluding tert-OH is 1. The topological polar surface area (TPSA) is 405 Å². The van der Waals surface area contributed by atoms with Crippen LogP contribution in [-0.4, -0.2) is 143 Å². The second-order valence-corrected chi connectivity index (χ2v) is 29.3. The zero-order chi connectivity index (χ0) is 59.7. The van der Waals surface area contributed by atoms with E-state index in [1.54, 1.807) is 24.3 Å². The van der Waals surface area contributed by atoms with Crippen molar-refractivity contribution in [3.8, 4) is 0 Å². The molecule has 84 heavy (non-hydrogen) atoms. The third-order valence-corrected chi connectivity index (χ3v) is 20.7. The molecule has 452 valence electrons. The number of nitrogens with one attached hydrogen (secondary N) is 3. The van der Waals surface area contributed by atoms with Crippen molar-refractivity contribution in [3.63, 3.8) is 0 Å². The number of rotatable bonds is 31. The lowest BCUT2D eigenvalue weighted by Gasteiger charge is -2.11. The molecule has 1 aromatic heterocycles. The van der Waals surface area contributed by atoms with Gasteiger partial charge in [-0.05, 0) is 110 Å². The normalized spacial score (nSPS) is 18.2. The number of sulfonamides is 1. The molecule has 29 nitrogen and oxygen atoms in total. The number of aliphatic imine (C=N–C) groups is 4. The van der Waals surface area contributed by atoms with E-state index in [0.29, 0.717) is 67.3 Å². The maximum absolute atomic E-state index is 14.0. The minimum Gasteiger partial charge on any atom is -0.392 e. The summed E-state index contributed by atoms with van der Waals surface area (Å²) in [6, 6.07) is 19.0. The third kappa shape index (κ3) is 16.5. The molecule has 0 amide bonds. The van der Waals surface area contributed by atoms with Crippen molar-refractivity contribution in [1.29, 1.82) is 0 Å². The number of aromatic nitrogens is 1. The number of hydrogen-bond acceptors (Lipinski definition) is 30. The highest BCUT2D eigenvalue weighted by Gasteiger charge is 2.35.